The normalized spacial score (nSPS) is 30.5. The van der Waals surface area contributed by atoms with Gasteiger partial charge in [-0.25, -0.2) is 0 Å². The Hall–Kier alpha value is -0.850. The number of aliphatic carboxylic acids is 1. The summed E-state index contributed by atoms with van der Waals surface area (Å²) in [5, 5.41) is 52.4. The standard InChI is InChI=1S/C28H56N2O8/c1-10-11-28(8,36)26(33)19(6)30(9)14-15(2)12-16(3)23(31)17(4)25(18(5)27(34)35)38-22-13-21(29)24(32)20(7)37-22/h15-26,31-33,36H,10-14,29H2,1-9H3,(H,34,35)/t15-,16+,17-,18-,19-,20?,21?,22+,23?,24-,25?,26-,28-/m1/s1. The second-order valence-electron chi connectivity index (χ2n) is 12.3. The van der Waals surface area contributed by atoms with E-state index in [1.165, 1.54) is 0 Å². The first-order valence-electron chi connectivity index (χ1n) is 14.2. The van der Waals surface area contributed by atoms with Gasteiger partial charge in [0.2, 0.25) is 0 Å². The SMILES string of the molecule is CCC[C@@](C)(O)[C@H](O)[C@@H](C)N(C)C[C@H](C)C[C@H](C)C(O)[C@@H](C)C(O[C@H]1CC(N)[C@H](O)C(C)O1)[C@@H](C)C(=O)O. The Morgan fingerprint density at radius 1 is 1.21 bits per heavy atom. The zero-order chi connectivity index (χ0) is 29.5. The maximum Gasteiger partial charge on any atom is 0.308 e. The summed E-state index contributed by atoms with van der Waals surface area (Å²) in [6.07, 6.45) is -2.50. The Kier molecular flexibility index (Phi) is 14.1. The van der Waals surface area contributed by atoms with E-state index in [-0.39, 0.29) is 24.3 Å². The lowest BCUT2D eigenvalue weighted by Gasteiger charge is -2.41. The van der Waals surface area contributed by atoms with Gasteiger partial charge in [-0.2, -0.15) is 0 Å². The molecular formula is C28H56N2O8. The molecule has 226 valence electrons. The third-order valence-electron chi connectivity index (χ3n) is 8.50. The summed E-state index contributed by atoms with van der Waals surface area (Å²) in [6.45, 7) is 15.2. The summed E-state index contributed by atoms with van der Waals surface area (Å²) < 4.78 is 11.8. The van der Waals surface area contributed by atoms with Gasteiger partial charge in [0.15, 0.2) is 6.29 Å². The number of carboxylic acids is 1. The average Bonchev–Trinajstić information content (AvgIpc) is 2.82. The highest BCUT2D eigenvalue weighted by Gasteiger charge is 2.41. The van der Waals surface area contributed by atoms with Crippen LogP contribution in [0.5, 0.6) is 0 Å². The van der Waals surface area contributed by atoms with Crippen molar-refractivity contribution >= 4 is 5.97 Å². The molecule has 1 saturated heterocycles. The molecule has 0 saturated carbocycles. The van der Waals surface area contributed by atoms with Gasteiger partial charge in [0.25, 0.3) is 0 Å². The molecule has 0 aromatic rings. The number of hydrogen-bond acceptors (Lipinski definition) is 9. The van der Waals surface area contributed by atoms with Crippen molar-refractivity contribution in [2.45, 2.75) is 136 Å². The minimum Gasteiger partial charge on any atom is -0.481 e. The number of likely N-dealkylation sites (N-methyl/N-ethyl adjacent to an activating group) is 1. The molecule has 0 radical (unpaired) electrons. The summed E-state index contributed by atoms with van der Waals surface area (Å²) in [5.41, 5.74) is 4.85. The minimum absolute atomic E-state index is 0.154. The van der Waals surface area contributed by atoms with Crippen molar-refractivity contribution in [3.05, 3.63) is 0 Å². The number of rotatable bonds is 16. The van der Waals surface area contributed by atoms with Crippen LogP contribution in [-0.4, -0.2) is 104 Å². The highest BCUT2D eigenvalue weighted by Crippen LogP contribution is 2.31. The van der Waals surface area contributed by atoms with Crippen molar-refractivity contribution in [2.75, 3.05) is 13.6 Å². The van der Waals surface area contributed by atoms with Gasteiger partial charge in [-0.05, 0) is 59.4 Å². The topological polar surface area (TPSA) is 166 Å². The zero-order valence-corrected chi connectivity index (χ0v) is 24.9. The van der Waals surface area contributed by atoms with E-state index >= 15 is 0 Å². The summed E-state index contributed by atoms with van der Waals surface area (Å²) in [6, 6.07) is -0.803. The molecule has 1 rings (SSSR count). The Labute approximate surface area is 229 Å². The second-order valence-corrected chi connectivity index (χ2v) is 12.3. The van der Waals surface area contributed by atoms with Crippen LogP contribution in [0.1, 0.15) is 81.1 Å². The fourth-order valence-electron chi connectivity index (χ4n) is 5.82. The maximum absolute atomic E-state index is 11.9. The summed E-state index contributed by atoms with van der Waals surface area (Å²) in [5.74, 6) is -2.42. The van der Waals surface area contributed by atoms with E-state index in [1.54, 1.807) is 27.7 Å². The zero-order valence-electron chi connectivity index (χ0n) is 24.9. The molecule has 0 aromatic heterocycles. The van der Waals surface area contributed by atoms with Gasteiger partial charge >= 0.3 is 5.97 Å². The predicted molar refractivity (Wildman–Crippen MR) is 146 cm³/mol. The Morgan fingerprint density at radius 3 is 2.29 bits per heavy atom. The van der Waals surface area contributed by atoms with Crippen LogP contribution < -0.4 is 5.73 Å². The minimum atomic E-state index is -1.16. The fourth-order valence-corrected chi connectivity index (χ4v) is 5.82. The number of aliphatic hydroxyl groups is 4. The van der Waals surface area contributed by atoms with Crippen LogP contribution in [0.3, 0.4) is 0 Å². The molecule has 10 heteroatoms. The van der Waals surface area contributed by atoms with Gasteiger partial charge in [-0.15, -0.1) is 0 Å². The lowest BCUT2D eigenvalue weighted by Crippen LogP contribution is -2.54. The number of aliphatic hydroxyl groups excluding tert-OH is 3. The molecule has 1 heterocycles. The molecule has 1 aliphatic rings. The van der Waals surface area contributed by atoms with Crippen molar-refractivity contribution < 1.29 is 39.8 Å². The molecule has 0 spiro atoms. The molecule has 7 N–H and O–H groups in total. The van der Waals surface area contributed by atoms with Crippen LogP contribution in [0.25, 0.3) is 0 Å². The van der Waals surface area contributed by atoms with E-state index in [0.717, 1.165) is 6.42 Å². The van der Waals surface area contributed by atoms with E-state index in [0.29, 0.717) is 19.4 Å². The van der Waals surface area contributed by atoms with Gasteiger partial charge in [0.05, 0.1) is 42.0 Å². The quantitative estimate of drug-likeness (QED) is 0.167. The number of carbonyl (C=O) groups is 1. The Morgan fingerprint density at radius 2 is 1.79 bits per heavy atom. The number of nitrogens with two attached hydrogens (primary N) is 1. The molecule has 4 unspecified atom stereocenters. The lowest BCUT2D eigenvalue weighted by atomic mass is 9.81. The molecule has 1 fully saturated rings. The van der Waals surface area contributed by atoms with Gasteiger partial charge in [-0.1, -0.05) is 34.1 Å². The molecule has 0 bridgehead atoms. The first-order chi connectivity index (χ1) is 17.4. The molecule has 13 atom stereocenters. The van der Waals surface area contributed by atoms with Crippen LogP contribution in [0.4, 0.5) is 0 Å². The molecule has 0 amide bonds. The summed E-state index contributed by atoms with van der Waals surface area (Å²) in [4.78, 5) is 13.9. The van der Waals surface area contributed by atoms with Crippen LogP contribution in [0.15, 0.2) is 0 Å². The summed E-state index contributed by atoms with van der Waals surface area (Å²) >= 11 is 0. The van der Waals surface area contributed by atoms with Crippen molar-refractivity contribution in [3.63, 3.8) is 0 Å². The van der Waals surface area contributed by atoms with E-state index < -0.39 is 66.3 Å². The largest absolute Gasteiger partial charge is 0.481 e. The molecule has 38 heavy (non-hydrogen) atoms. The van der Waals surface area contributed by atoms with Crippen LogP contribution in [0, 0.1) is 23.7 Å². The summed E-state index contributed by atoms with van der Waals surface area (Å²) in [7, 11) is 1.92. The Balaban J connectivity index is 2.83. The highest BCUT2D eigenvalue weighted by molar-refractivity contribution is 5.70. The van der Waals surface area contributed by atoms with Crippen LogP contribution >= 0.6 is 0 Å². The molecule has 0 aromatic carbocycles. The second kappa shape index (κ2) is 15.2. The number of carboxylic acid groups (broad SMARTS) is 1. The monoisotopic (exact) mass is 548 g/mol. The van der Waals surface area contributed by atoms with Crippen molar-refractivity contribution in [1.29, 1.82) is 0 Å². The first-order valence-corrected chi connectivity index (χ1v) is 14.2. The van der Waals surface area contributed by atoms with Crippen LogP contribution in [0.2, 0.25) is 0 Å². The highest BCUT2D eigenvalue weighted by atomic mass is 16.7. The molecule has 0 aliphatic carbocycles. The van der Waals surface area contributed by atoms with Gasteiger partial charge < -0.3 is 45.6 Å². The predicted octanol–water partition coefficient (Wildman–Crippen LogP) is 1.81. The fraction of sp³-hybridized carbons (Fsp3) is 0.964. The maximum atomic E-state index is 11.9. The van der Waals surface area contributed by atoms with Gasteiger partial charge in [0.1, 0.15) is 0 Å². The molecule has 10 nitrogen and oxygen atoms in total. The average molecular weight is 549 g/mol. The van der Waals surface area contributed by atoms with E-state index in [2.05, 4.69) is 6.92 Å². The lowest BCUT2D eigenvalue weighted by molar-refractivity contribution is -0.256. The Bertz CT molecular complexity index is 698. The van der Waals surface area contributed by atoms with Crippen molar-refractivity contribution in [2.24, 2.45) is 29.4 Å². The molecule has 1 aliphatic heterocycles. The van der Waals surface area contributed by atoms with E-state index in [1.807, 2.05) is 32.7 Å². The van der Waals surface area contributed by atoms with Crippen molar-refractivity contribution in [1.82, 2.24) is 4.90 Å². The first kappa shape index (κ1) is 35.2. The van der Waals surface area contributed by atoms with Crippen LogP contribution in [-0.2, 0) is 14.3 Å². The smallest absolute Gasteiger partial charge is 0.308 e. The van der Waals surface area contributed by atoms with Gasteiger partial charge in [-0.3, -0.25) is 4.79 Å². The number of nitrogens with zero attached hydrogens (tertiary/aromatic N) is 1. The third-order valence-corrected chi connectivity index (χ3v) is 8.50. The number of ether oxygens (including phenoxy) is 2. The van der Waals surface area contributed by atoms with Crippen molar-refractivity contribution in [3.8, 4) is 0 Å². The third kappa shape index (κ3) is 9.66. The number of hydrogen-bond donors (Lipinski definition) is 6. The molecular weight excluding hydrogens is 492 g/mol. The van der Waals surface area contributed by atoms with E-state index in [9.17, 15) is 30.3 Å². The van der Waals surface area contributed by atoms with E-state index in [4.69, 9.17) is 15.2 Å². The van der Waals surface area contributed by atoms with Gasteiger partial charge in [0, 0.05) is 31.0 Å².